The lowest BCUT2D eigenvalue weighted by Gasteiger charge is -2.41. The molecule has 1 saturated heterocycles. The fraction of sp³-hybridized carbons (Fsp3) is 0.519. The van der Waals surface area contributed by atoms with Crippen LogP contribution in [0, 0.1) is 5.92 Å². The molecule has 2 aromatic carbocycles. The molecule has 0 aliphatic carbocycles. The Labute approximate surface area is 213 Å². The number of likely N-dealkylation sites (tertiary alicyclic amines) is 1. The molecule has 0 radical (unpaired) electrons. The smallest absolute Gasteiger partial charge is 0.255 e. The third-order valence-electron chi connectivity index (χ3n) is 7.57. The summed E-state index contributed by atoms with van der Waals surface area (Å²) in [6.07, 6.45) is 5.97. The Morgan fingerprint density at radius 2 is 1.83 bits per heavy atom. The zero-order chi connectivity index (χ0) is 25.2. The largest absolute Gasteiger partial charge is 0.487 e. The molecule has 4 rings (SSSR count). The summed E-state index contributed by atoms with van der Waals surface area (Å²) >= 11 is 1.46. The number of piperidine rings is 1. The zero-order valence-corrected chi connectivity index (χ0v) is 22.7. The molecule has 2 aliphatic rings. The van der Waals surface area contributed by atoms with Crippen molar-refractivity contribution >= 4 is 27.7 Å². The molecule has 1 N–H and O–H groups in total. The first-order valence-corrected chi connectivity index (χ1v) is 15.2. The van der Waals surface area contributed by atoms with Gasteiger partial charge in [-0.1, -0.05) is 39.0 Å². The van der Waals surface area contributed by atoms with E-state index in [1.807, 2.05) is 35.4 Å². The second-order valence-electron chi connectivity index (χ2n) is 9.74. The van der Waals surface area contributed by atoms with E-state index in [4.69, 9.17) is 4.74 Å². The van der Waals surface area contributed by atoms with Crippen molar-refractivity contribution in [3.05, 3.63) is 53.6 Å². The third-order valence-corrected chi connectivity index (χ3v) is 9.83. The van der Waals surface area contributed by atoms with Gasteiger partial charge in [0, 0.05) is 30.0 Å². The third kappa shape index (κ3) is 5.39. The highest BCUT2D eigenvalue weighted by Gasteiger charge is 2.40. The summed E-state index contributed by atoms with van der Waals surface area (Å²) in [5, 5.41) is 0. The van der Waals surface area contributed by atoms with Crippen LogP contribution in [0.5, 0.6) is 5.75 Å². The molecule has 1 unspecified atom stereocenters. The number of para-hydroxylation sites is 1. The van der Waals surface area contributed by atoms with Crippen LogP contribution >= 0.6 is 11.8 Å². The SMILES string of the molecule is CCC1(CC)CC(NS(=O)(=O)c2ccc(SC)c(C(=O)N3CCC(C)CC3)c2)c2ccccc2O1. The normalized spacial score (nSPS) is 20.2. The molecule has 190 valence electrons. The summed E-state index contributed by atoms with van der Waals surface area (Å²) in [5.74, 6) is 1.24. The number of amides is 1. The van der Waals surface area contributed by atoms with Gasteiger partial charge in [0.2, 0.25) is 10.0 Å². The first kappa shape index (κ1) is 26.0. The Morgan fingerprint density at radius 1 is 1.14 bits per heavy atom. The van der Waals surface area contributed by atoms with Gasteiger partial charge in [0.25, 0.3) is 5.91 Å². The Morgan fingerprint density at radius 3 is 2.49 bits per heavy atom. The van der Waals surface area contributed by atoms with Crippen LogP contribution in [0.1, 0.15) is 74.8 Å². The lowest BCUT2D eigenvalue weighted by atomic mass is 9.84. The molecule has 1 fully saturated rings. The van der Waals surface area contributed by atoms with Gasteiger partial charge in [-0.2, -0.15) is 0 Å². The predicted molar refractivity (Wildman–Crippen MR) is 141 cm³/mol. The Balaban J connectivity index is 1.65. The van der Waals surface area contributed by atoms with E-state index in [9.17, 15) is 13.2 Å². The molecule has 2 aliphatic heterocycles. The molecule has 35 heavy (non-hydrogen) atoms. The number of benzene rings is 2. The maximum atomic E-state index is 13.6. The number of nitrogens with one attached hydrogen (secondary N) is 1. The summed E-state index contributed by atoms with van der Waals surface area (Å²) in [6, 6.07) is 12.1. The summed E-state index contributed by atoms with van der Waals surface area (Å²) in [6.45, 7) is 7.76. The molecular weight excluding hydrogens is 480 g/mol. The number of fused-ring (bicyclic) bond motifs is 1. The summed E-state index contributed by atoms with van der Waals surface area (Å²) < 4.78 is 36.5. The van der Waals surface area contributed by atoms with Gasteiger partial charge in [-0.25, -0.2) is 13.1 Å². The molecule has 0 bridgehead atoms. The lowest BCUT2D eigenvalue weighted by molar-refractivity contribution is 0.0260. The minimum Gasteiger partial charge on any atom is -0.487 e. The van der Waals surface area contributed by atoms with Crippen LogP contribution in [0.3, 0.4) is 0 Å². The van der Waals surface area contributed by atoms with E-state index in [-0.39, 0.29) is 10.8 Å². The number of thioether (sulfide) groups is 1. The molecular formula is C27H36N2O4S2. The van der Waals surface area contributed by atoms with Crippen molar-refractivity contribution in [1.29, 1.82) is 0 Å². The number of rotatable bonds is 7. The highest BCUT2D eigenvalue weighted by atomic mass is 32.2. The summed E-state index contributed by atoms with van der Waals surface area (Å²) in [7, 11) is -3.88. The molecule has 2 aromatic rings. The zero-order valence-electron chi connectivity index (χ0n) is 21.0. The number of ether oxygens (including phenoxy) is 1. The Hall–Kier alpha value is -2.03. The van der Waals surface area contributed by atoms with Crippen LogP contribution in [-0.4, -0.2) is 44.2 Å². The van der Waals surface area contributed by atoms with Gasteiger partial charge in [-0.05, 0) is 62.1 Å². The molecule has 6 nitrogen and oxygen atoms in total. The molecule has 1 amide bonds. The number of nitrogens with zero attached hydrogens (tertiary/aromatic N) is 1. The van der Waals surface area contributed by atoms with E-state index in [1.54, 1.807) is 18.2 Å². The number of carbonyl (C=O) groups excluding carboxylic acids is 1. The lowest BCUT2D eigenvalue weighted by Crippen LogP contribution is -2.44. The van der Waals surface area contributed by atoms with Gasteiger partial charge < -0.3 is 9.64 Å². The van der Waals surface area contributed by atoms with Crippen LogP contribution in [0.2, 0.25) is 0 Å². The fourth-order valence-corrected chi connectivity index (χ4v) is 6.88. The number of carbonyl (C=O) groups is 1. The van der Waals surface area contributed by atoms with Gasteiger partial charge in [-0.3, -0.25) is 4.79 Å². The van der Waals surface area contributed by atoms with E-state index in [2.05, 4.69) is 25.5 Å². The fourth-order valence-electron chi connectivity index (χ4n) is 5.07. The van der Waals surface area contributed by atoms with E-state index in [1.165, 1.54) is 11.8 Å². The minimum absolute atomic E-state index is 0.0919. The highest BCUT2D eigenvalue weighted by molar-refractivity contribution is 7.98. The topological polar surface area (TPSA) is 75.7 Å². The second kappa shape index (κ2) is 10.5. The van der Waals surface area contributed by atoms with E-state index in [0.29, 0.717) is 31.0 Å². The van der Waals surface area contributed by atoms with E-state index >= 15 is 0 Å². The van der Waals surface area contributed by atoms with Crippen molar-refractivity contribution < 1.29 is 17.9 Å². The van der Waals surface area contributed by atoms with Gasteiger partial charge in [0.1, 0.15) is 11.4 Å². The number of hydrogen-bond acceptors (Lipinski definition) is 5. The molecule has 8 heteroatoms. The quantitative estimate of drug-likeness (QED) is 0.482. The van der Waals surface area contributed by atoms with Gasteiger partial charge in [-0.15, -0.1) is 11.8 Å². The second-order valence-corrected chi connectivity index (χ2v) is 12.3. The van der Waals surface area contributed by atoms with Crippen molar-refractivity contribution in [3.8, 4) is 5.75 Å². The van der Waals surface area contributed by atoms with Gasteiger partial charge >= 0.3 is 0 Å². The summed E-state index contributed by atoms with van der Waals surface area (Å²) in [4.78, 5) is 16.1. The van der Waals surface area contributed by atoms with E-state index < -0.39 is 21.7 Å². The standard InChI is InChI=1S/C27H36N2O4S2/c1-5-27(6-2)18-23(21-9-7-8-10-24(21)33-27)28-35(31,32)20-11-12-25(34-4)22(17-20)26(30)29-15-13-19(3)14-16-29/h7-12,17,19,23,28H,5-6,13-16,18H2,1-4H3. The molecule has 0 saturated carbocycles. The van der Waals surface area contributed by atoms with Crippen LogP contribution in [0.15, 0.2) is 52.3 Å². The van der Waals surface area contributed by atoms with Crippen LogP contribution < -0.4 is 9.46 Å². The van der Waals surface area contributed by atoms with E-state index in [0.717, 1.165) is 41.9 Å². The monoisotopic (exact) mass is 516 g/mol. The first-order chi connectivity index (χ1) is 16.7. The molecule has 0 spiro atoms. The van der Waals surface area contributed by atoms with Gasteiger partial charge in [0.15, 0.2) is 0 Å². The number of sulfonamides is 1. The Bertz CT molecular complexity index is 1170. The van der Waals surface area contributed by atoms with Crippen LogP contribution in [0.4, 0.5) is 0 Å². The maximum absolute atomic E-state index is 13.6. The van der Waals surface area contributed by atoms with Crippen molar-refractivity contribution in [2.75, 3.05) is 19.3 Å². The maximum Gasteiger partial charge on any atom is 0.255 e. The number of hydrogen-bond donors (Lipinski definition) is 1. The molecule has 1 atom stereocenters. The first-order valence-electron chi connectivity index (χ1n) is 12.5. The molecule has 2 heterocycles. The van der Waals surface area contributed by atoms with Gasteiger partial charge in [0.05, 0.1) is 16.5 Å². The van der Waals surface area contributed by atoms with Crippen molar-refractivity contribution in [3.63, 3.8) is 0 Å². The van der Waals surface area contributed by atoms with Crippen molar-refractivity contribution in [2.24, 2.45) is 5.92 Å². The minimum atomic E-state index is -3.88. The summed E-state index contributed by atoms with van der Waals surface area (Å²) in [5.41, 5.74) is 0.878. The Kier molecular flexibility index (Phi) is 7.83. The average Bonchev–Trinajstić information content (AvgIpc) is 2.88. The molecule has 0 aromatic heterocycles. The van der Waals surface area contributed by atoms with Crippen LogP contribution in [-0.2, 0) is 10.0 Å². The van der Waals surface area contributed by atoms with Crippen LogP contribution in [0.25, 0.3) is 0 Å². The van der Waals surface area contributed by atoms with Crippen molar-refractivity contribution in [2.45, 2.75) is 74.3 Å². The average molecular weight is 517 g/mol. The predicted octanol–water partition coefficient (Wildman–Crippen LogP) is 5.64. The van der Waals surface area contributed by atoms with Crippen molar-refractivity contribution in [1.82, 2.24) is 9.62 Å². The highest BCUT2D eigenvalue weighted by Crippen LogP contribution is 2.43.